The Hall–Kier alpha value is -1.55. The minimum atomic E-state index is -0.161. The highest BCUT2D eigenvalue weighted by molar-refractivity contribution is 5.69. The van der Waals surface area contributed by atoms with Gasteiger partial charge in [-0.1, -0.05) is 12.1 Å². The third kappa shape index (κ3) is 4.56. The molecule has 0 N–H and O–H groups in total. The molecule has 1 unspecified atom stereocenters. The van der Waals surface area contributed by atoms with Gasteiger partial charge in [-0.15, -0.1) is 0 Å². The molecule has 0 spiro atoms. The van der Waals surface area contributed by atoms with Crippen molar-refractivity contribution in [2.75, 3.05) is 13.7 Å². The van der Waals surface area contributed by atoms with E-state index in [1.807, 2.05) is 24.3 Å². The second-order valence-corrected chi connectivity index (χ2v) is 4.68. The summed E-state index contributed by atoms with van der Waals surface area (Å²) in [5.74, 6) is 0.639. The van der Waals surface area contributed by atoms with Crippen LogP contribution in [0.2, 0.25) is 0 Å². The summed E-state index contributed by atoms with van der Waals surface area (Å²) >= 11 is 0. The maximum atomic E-state index is 11.6. The molecule has 0 aromatic heterocycles. The van der Waals surface area contributed by atoms with Crippen LogP contribution >= 0.6 is 0 Å². The molecule has 1 aliphatic rings. The first-order valence-electron chi connectivity index (χ1n) is 6.68. The fraction of sp³-hybridized carbons (Fsp3) is 0.533. The molecule has 19 heavy (non-hydrogen) atoms. The largest absolute Gasteiger partial charge is 0.497 e. The van der Waals surface area contributed by atoms with Gasteiger partial charge in [0.25, 0.3) is 0 Å². The van der Waals surface area contributed by atoms with Gasteiger partial charge in [0.1, 0.15) is 12.4 Å². The summed E-state index contributed by atoms with van der Waals surface area (Å²) < 4.78 is 15.8. The Labute approximate surface area is 113 Å². The second-order valence-electron chi connectivity index (χ2n) is 4.68. The lowest BCUT2D eigenvalue weighted by Gasteiger charge is -2.09. The normalized spacial score (nSPS) is 18.3. The van der Waals surface area contributed by atoms with Crippen LogP contribution < -0.4 is 4.74 Å². The van der Waals surface area contributed by atoms with E-state index in [2.05, 4.69) is 0 Å². The quantitative estimate of drug-likeness (QED) is 0.741. The minimum Gasteiger partial charge on any atom is -0.497 e. The van der Waals surface area contributed by atoms with Crippen LogP contribution in [-0.4, -0.2) is 25.8 Å². The zero-order valence-corrected chi connectivity index (χ0v) is 11.3. The van der Waals surface area contributed by atoms with Gasteiger partial charge in [0, 0.05) is 13.0 Å². The lowest BCUT2D eigenvalue weighted by atomic mass is 10.1. The van der Waals surface area contributed by atoms with Crippen LogP contribution in [0.25, 0.3) is 0 Å². The number of hydrogen-bond donors (Lipinski definition) is 0. The molecule has 0 saturated carbocycles. The van der Waals surface area contributed by atoms with Gasteiger partial charge in [-0.2, -0.15) is 0 Å². The fourth-order valence-electron chi connectivity index (χ4n) is 2.11. The summed E-state index contributed by atoms with van der Waals surface area (Å²) in [6, 6.07) is 7.50. The molecule has 0 radical (unpaired) electrons. The summed E-state index contributed by atoms with van der Waals surface area (Å²) in [6.45, 7) is 1.14. The summed E-state index contributed by atoms with van der Waals surface area (Å²) in [5.41, 5.74) is 0.964. The van der Waals surface area contributed by atoms with Crippen LogP contribution in [0.4, 0.5) is 0 Å². The smallest absolute Gasteiger partial charge is 0.306 e. The number of benzene rings is 1. The molecule has 1 fully saturated rings. The van der Waals surface area contributed by atoms with Crippen LogP contribution in [0.1, 0.15) is 31.2 Å². The molecule has 104 valence electrons. The van der Waals surface area contributed by atoms with Gasteiger partial charge in [-0.3, -0.25) is 4.79 Å². The minimum absolute atomic E-state index is 0.161. The molecular formula is C15H20O4. The van der Waals surface area contributed by atoms with Crippen LogP contribution in [0.5, 0.6) is 5.75 Å². The van der Waals surface area contributed by atoms with Crippen LogP contribution in [-0.2, 0) is 20.9 Å². The van der Waals surface area contributed by atoms with Crippen molar-refractivity contribution in [3.63, 3.8) is 0 Å². The highest BCUT2D eigenvalue weighted by Crippen LogP contribution is 2.17. The Morgan fingerprint density at radius 1 is 1.37 bits per heavy atom. The first-order chi connectivity index (χ1) is 9.28. The molecule has 0 bridgehead atoms. The van der Waals surface area contributed by atoms with E-state index in [9.17, 15) is 4.79 Å². The van der Waals surface area contributed by atoms with Crippen molar-refractivity contribution in [2.24, 2.45) is 0 Å². The molecular weight excluding hydrogens is 244 g/mol. The highest BCUT2D eigenvalue weighted by Gasteiger charge is 2.17. The van der Waals surface area contributed by atoms with Crippen LogP contribution in [0, 0.1) is 0 Å². The molecule has 1 saturated heterocycles. The average molecular weight is 264 g/mol. The molecule has 4 nitrogen and oxygen atoms in total. The predicted octanol–water partition coefficient (Wildman–Crippen LogP) is 2.70. The maximum Gasteiger partial charge on any atom is 0.306 e. The summed E-state index contributed by atoms with van der Waals surface area (Å²) in [4.78, 5) is 11.6. The van der Waals surface area contributed by atoms with Gasteiger partial charge in [0.2, 0.25) is 0 Å². The van der Waals surface area contributed by atoms with Crippen molar-refractivity contribution in [1.82, 2.24) is 0 Å². The zero-order valence-electron chi connectivity index (χ0n) is 11.3. The van der Waals surface area contributed by atoms with Crippen molar-refractivity contribution < 1.29 is 19.0 Å². The predicted molar refractivity (Wildman–Crippen MR) is 71.0 cm³/mol. The van der Waals surface area contributed by atoms with Gasteiger partial charge in [0.05, 0.1) is 13.2 Å². The van der Waals surface area contributed by atoms with E-state index in [-0.39, 0.29) is 12.1 Å². The van der Waals surface area contributed by atoms with E-state index in [1.54, 1.807) is 7.11 Å². The molecule has 0 amide bonds. The molecule has 0 aliphatic carbocycles. The number of carbonyl (C=O) groups is 1. The lowest BCUT2D eigenvalue weighted by molar-refractivity contribution is -0.145. The second kappa shape index (κ2) is 7.14. The first-order valence-corrected chi connectivity index (χ1v) is 6.68. The number of ether oxygens (including phenoxy) is 3. The topological polar surface area (TPSA) is 44.8 Å². The van der Waals surface area contributed by atoms with Crippen molar-refractivity contribution >= 4 is 5.97 Å². The van der Waals surface area contributed by atoms with Gasteiger partial charge in [-0.05, 0) is 37.0 Å². The standard InChI is InChI=1S/C15H20O4/c1-17-13-6-4-12(5-7-13)11-19-15(16)9-8-14-3-2-10-18-14/h4-7,14H,2-3,8-11H2,1H3. The highest BCUT2D eigenvalue weighted by atomic mass is 16.5. The van der Waals surface area contributed by atoms with Crippen LogP contribution in [0.3, 0.4) is 0 Å². The molecule has 1 heterocycles. The van der Waals surface area contributed by atoms with E-state index in [0.717, 1.165) is 37.2 Å². The van der Waals surface area contributed by atoms with E-state index in [1.165, 1.54) is 0 Å². The van der Waals surface area contributed by atoms with Gasteiger partial charge >= 0.3 is 5.97 Å². The zero-order chi connectivity index (χ0) is 13.5. The van der Waals surface area contributed by atoms with Crippen molar-refractivity contribution in [1.29, 1.82) is 0 Å². The fourth-order valence-corrected chi connectivity index (χ4v) is 2.11. The summed E-state index contributed by atoms with van der Waals surface area (Å²) in [5, 5.41) is 0. The maximum absolute atomic E-state index is 11.6. The number of esters is 1. The average Bonchev–Trinajstić information content (AvgIpc) is 2.96. The summed E-state index contributed by atoms with van der Waals surface area (Å²) in [6.07, 6.45) is 3.60. The van der Waals surface area contributed by atoms with E-state index in [4.69, 9.17) is 14.2 Å². The van der Waals surface area contributed by atoms with E-state index < -0.39 is 0 Å². The molecule has 1 atom stereocenters. The third-order valence-electron chi connectivity index (χ3n) is 3.25. The van der Waals surface area contributed by atoms with Gasteiger partial charge in [-0.25, -0.2) is 0 Å². The van der Waals surface area contributed by atoms with Crippen molar-refractivity contribution in [3.8, 4) is 5.75 Å². The Morgan fingerprint density at radius 2 is 2.16 bits per heavy atom. The Kier molecular flexibility index (Phi) is 5.21. The van der Waals surface area contributed by atoms with E-state index >= 15 is 0 Å². The lowest BCUT2D eigenvalue weighted by Crippen LogP contribution is -2.10. The van der Waals surface area contributed by atoms with Crippen molar-refractivity contribution in [3.05, 3.63) is 29.8 Å². The van der Waals surface area contributed by atoms with Crippen molar-refractivity contribution in [2.45, 2.75) is 38.4 Å². The Bertz CT molecular complexity index is 393. The summed E-state index contributed by atoms with van der Waals surface area (Å²) in [7, 11) is 1.63. The number of hydrogen-bond acceptors (Lipinski definition) is 4. The number of carbonyl (C=O) groups excluding carboxylic acids is 1. The molecule has 1 aromatic carbocycles. The van der Waals surface area contributed by atoms with E-state index in [0.29, 0.717) is 13.0 Å². The molecule has 1 aromatic rings. The monoisotopic (exact) mass is 264 g/mol. The number of rotatable bonds is 6. The molecule has 2 rings (SSSR count). The SMILES string of the molecule is COc1ccc(COC(=O)CCC2CCCO2)cc1. The Balaban J connectivity index is 1.67. The van der Waals surface area contributed by atoms with Gasteiger partial charge < -0.3 is 14.2 Å². The van der Waals surface area contributed by atoms with Gasteiger partial charge in [0.15, 0.2) is 0 Å². The molecule has 4 heteroatoms. The third-order valence-corrected chi connectivity index (χ3v) is 3.25. The van der Waals surface area contributed by atoms with Crippen LogP contribution in [0.15, 0.2) is 24.3 Å². The first kappa shape index (κ1) is 13.9. The number of methoxy groups -OCH3 is 1. The Morgan fingerprint density at radius 3 is 2.79 bits per heavy atom. The molecule has 1 aliphatic heterocycles.